The van der Waals surface area contributed by atoms with Gasteiger partial charge in [-0.3, -0.25) is 4.90 Å². The van der Waals surface area contributed by atoms with E-state index >= 15 is 0 Å². The number of rotatable bonds is 9. The first-order chi connectivity index (χ1) is 14.4. The Morgan fingerprint density at radius 3 is 2.47 bits per heavy atom. The lowest BCUT2D eigenvalue weighted by molar-refractivity contribution is -0.0512. The number of hydrogen-bond donors (Lipinski definition) is 0. The zero-order valence-electron chi connectivity index (χ0n) is 16.7. The number of halogens is 2. The van der Waals surface area contributed by atoms with E-state index in [-0.39, 0.29) is 16.3 Å². The summed E-state index contributed by atoms with van der Waals surface area (Å²) >= 11 is 5.28. The van der Waals surface area contributed by atoms with Crippen LogP contribution in [0.1, 0.15) is 5.56 Å². The van der Waals surface area contributed by atoms with Gasteiger partial charge in [-0.1, -0.05) is 6.07 Å². The Bertz CT molecular complexity index is 1040. The van der Waals surface area contributed by atoms with Gasteiger partial charge in [0, 0.05) is 12.1 Å². The minimum absolute atomic E-state index is 0.0123. The Kier molecular flexibility index (Phi) is 7.01. The van der Waals surface area contributed by atoms with Crippen LogP contribution in [-0.2, 0) is 13.2 Å². The lowest BCUT2D eigenvalue weighted by Gasteiger charge is -2.17. The number of alkyl halides is 2. The van der Waals surface area contributed by atoms with Crippen molar-refractivity contribution in [1.29, 1.82) is 0 Å². The maximum Gasteiger partial charge on any atom is 0.387 e. The highest BCUT2D eigenvalue weighted by Crippen LogP contribution is 2.30. The first-order valence-electron chi connectivity index (χ1n) is 8.92. The number of aromatic nitrogens is 2. The van der Waals surface area contributed by atoms with Crippen LogP contribution in [0.15, 0.2) is 46.9 Å². The van der Waals surface area contributed by atoms with Crippen molar-refractivity contribution in [3.05, 3.63) is 52.9 Å². The first kappa shape index (κ1) is 21.7. The Morgan fingerprint density at radius 1 is 1.10 bits per heavy atom. The molecule has 0 aliphatic rings. The van der Waals surface area contributed by atoms with Crippen LogP contribution in [0.5, 0.6) is 17.2 Å². The van der Waals surface area contributed by atoms with E-state index in [4.69, 9.17) is 26.1 Å². The minimum atomic E-state index is -2.92. The van der Waals surface area contributed by atoms with Crippen LogP contribution in [0.25, 0.3) is 11.5 Å². The standard InChI is InChI=1S/C20H21F2N3O4S/c1-24(11-13-4-9-16(28-19(21)22)17(10-13)27-3)12-25-20(30)29-18(23-25)14-5-7-15(26-2)8-6-14/h4-10,19H,11-12H2,1-3H3. The molecule has 3 rings (SSSR count). The fourth-order valence-electron chi connectivity index (χ4n) is 2.84. The maximum absolute atomic E-state index is 12.5. The van der Waals surface area contributed by atoms with Crippen LogP contribution in [0.3, 0.4) is 0 Å². The predicted octanol–water partition coefficient (Wildman–Crippen LogP) is 4.58. The van der Waals surface area contributed by atoms with Gasteiger partial charge in [0.25, 0.3) is 4.84 Å². The summed E-state index contributed by atoms with van der Waals surface area (Å²) in [6.45, 7) is -2.05. The highest BCUT2D eigenvalue weighted by Gasteiger charge is 2.13. The van der Waals surface area contributed by atoms with Crippen molar-refractivity contribution in [1.82, 2.24) is 14.7 Å². The zero-order chi connectivity index (χ0) is 21.7. The summed E-state index contributed by atoms with van der Waals surface area (Å²) in [4.78, 5) is 2.18. The van der Waals surface area contributed by atoms with Crippen LogP contribution in [0, 0.1) is 4.84 Å². The van der Waals surface area contributed by atoms with Gasteiger partial charge in [0.2, 0.25) is 5.89 Å². The second-order valence-electron chi connectivity index (χ2n) is 6.42. The maximum atomic E-state index is 12.5. The van der Waals surface area contributed by atoms with E-state index in [2.05, 4.69) is 9.84 Å². The molecule has 0 aliphatic carbocycles. The molecule has 7 nitrogen and oxygen atoms in total. The summed E-state index contributed by atoms with van der Waals surface area (Å²) in [5.41, 5.74) is 1.63. The number of hydrogen-bond acceptors (Lipinski definition) is 7. The summed E-state index contributed by atoms with van der Waals surface area (Å²) in [6, 6.07) is 12.1. The summed E-state index contributed by atoms with van der Waals surface area (Å²) in [5, 5.41) is 4.43. The number of ether oxygens (including phenoxy) is 3. The summed E-state index contributed by atoms with van der Waals surface area (Å²) in [5.74, 6) is 1.37. The van der Waals surface area contributed by atoms with Gasteiger partial charge in [-0.2, -0.15) is 8.78 Å². The SMILES string of the molecule is COc1ccc(-c2nn(CN(C)Cc3ccc(OC(F)F)c(OC)c3)c(=S)o2)cc1. The van der Waals surface area contributed by atoms with E-state index in [1.165, 1.54) is 13.2 Å². The molecular weight excluding hydrogens is 416 g/mol. The Labute approximate surface area is 177 Å². The van der Waals surface area contributed by atoms with Crippen LogP contribution >= 0.6 is 12.2 Å². The molecule has 0 fully saturated rings. The molecule has 1 heterocycles. The van der Waals surface area contributed by atoms with Gasteiger partial charge in [0.1, 0.15) is 5.75 Å². The molecule has 1 aromatic heterocycles. The van der Waals surface area contributed by atoms with E-state index in [0.29, 0.717) is 19.1 Å². The second-order valence-corrected chi connectivity index (χ2v) is 6.77. The van der Waals surface area contributed by atoms with E-state index in [0.717, 1.165) is 16.9 Å². The molecule has 0 aliphatic heterocycles. The average Bonchev–Trinajstić information content (AvgIpc) is 3.09. The normalized spacial score (nSPS) is 11.2. The molecule has 3 aromatic rings. The van der Waals surface area contributed by atoms with Crippen molar-refractivity contribution in [2.75, 3.05) is 21.3 Å². The van der Waals surface area contributed by atoms with Gasteiger partial charge in [-0.25, -0.2) is 4.68 Å². The molecule has 30 heavy (non-hydrogen) atoms. The molecule has 0 N–H and O–H groups in total. The van der Waals surface area contributed by atoms with Crippen molar-refractivity contribution in [2.45, 2.75) is 19.8 Å². The first-order valence-corrected chi connectivity index (χ1v) is 9.33. The molecule has 0 radical (unpaired) electrons. The molecule has 0 unspecified atom stereocenters. The molecular formula is C20H21F2N3O4S. The van der Waals surface area contributed by atoms with Crippen molar-refractivity contribution in [3.63, 3.8) is 0 Å². The molecule has 2 aromatic carbocycles. The lowest BCUT2D eigenvalue weighted by atomic mass is 10.2. The summed E-state index contributed by atoms with van der Waals surface area (Å²) < 4.78 is 46.8. The third kappa shape index (κ3) is 5.33. The zero-order valence-corrected chi connectivity index (χ0v) is 17.5. The third-order valence-corrected chi connectivity index (χ3v) is 4.51. The molecule has 160 valence electrons. The fourth-order valence-corrected chi connectivity index (χ4v) is 3.02. The largest absolute Gasteiger partial charge is 0.497 e. The molecule has 10 heteroatoms. The average molecular weight is 437 g/mol. The number of nitrogens with zero attached hydrogens (tertiary/aromatic N) is 3. The van der Waals surface area contributed by atoms with Gasteiger partial charge in [0.05, 0.1) is 20.9 Å². The molecule has 0 saturated heterocycles. The van der Waals surface area contributed by atoms with E-state index in [1.54, 1.807) is 23.9 Å². The lowest BCUT2D eigenvalue weighted by Crippen LogP contribution is -2.22. The predicted molar refractivity (Wildman–Crippen MR) is 108 cm³/mol. The smallest absolute Gasteiger partial charge is 0.387 e. The van der Waals surface area contributed by atoms with Gasteiger partial charge in [-0.15, -0.1) is 5.10 Å². The van der Waals surface area contributed by atoms with Gasteiger partial charge in [-0.05, 0) is 61.2 Å². The van der Waals surface area contributed by atoms with E-state index in [1.807, 2.05) is 36.2 Å². The Balaban J connectivity index is 1.69. The highest BCUT2D eigenvalue weighted by molar-refractivity contribution is 7.71. The quantitative estimate of drug-likeness (QED) is 0.454. The van der Waals surface area contributed by atoms with Crippen LogP contribution in [-0.4, -0.2) is 42.6 Å². The van der Waals surface area contributed by atoms with Gasteiger partial charge >= 0.3 is 6.61 Å². The van der Waals surface area contributed by atoms with Crippen molar-refractivity contribution >= 4 is 12.2 Å². The molecule has 0 bridgehead atoms. The Hall–Kier alpha value is -2.98. The third-order valence-electron chi connectivity index (χ3n) is 4.22. The molecule has 0 spiro atoms. The van der Waals surface area contributed by atoms with Crippen LogP contribution in [0.4, 0.5) is 8.78 Å². The Morgan fingerprint density at radius 2 is 1.83 bits per heavy atom. The fraction of sp³-hybridized carbons (Fsp3) is 0.300. The molecule has 0 saturated carbocycles. The molecule has 0 amide bonds. The van der Waals surface area contributed by atoms with E-state index < -0.39 is 6.61 Å². The molecule has 0 atom stereocenters. The van der Waals surface area contributed by atoms with Gasteiger partial charge in [0.15, 0.2) is 11.5 Å². The monoisotopic (exact) mass is 437 g/mol. The summed E-state index contributed by atoms with van der Waals surface area (Å²) in [6.07, 6.45) is 0. The minimum Gasteiger partial charge on any atom is -0.497 e. The number of methoxy groups -OCH3 is 2. The van der Waals surface area contributed by atoms with Crippen molar-refractivity contribution in [2.24, 2.45) is 0 Å². The van der Waals surface area contributed by atoms with E-state index in [9.17, 15) is 8.78 Å². The van der Waals surface area contributed by atoms with Crippen LogP contribution in [0.2, 0.25) is 0 Å². The van der Waals surface area contributed by atoms with Crippen LogP contribution < -0.4 is 14.2 Å². The second kappa shape index (κ2) is 9.68. The number of benzene rings is 2. The van der Waals surface area contributed by atoms with Crippen molar-refractivity contribution in [3.8, 4) is 28.7 Å². The topological polar surface area (TPSA) is 61.9 Å². The summed E-state index contributed by atoms with van der Waals surface area (Å²) in [7, 11) is 4.87. The van der Waals surface area contributed by atoms with Gasteiger partial charge < -0.3 is 18.6 Å². The van der Waals surface area contributed by atoms with Crippen molar-refractivity contribution < 1.29 is 27.4 Å². The highest BCUT2D eigenvalue weighted by atomic mass is 32.1.